The molecule has 31 heavy (non-hydrogen) atoms. The highest BCUT2D eigenvalue weighted by molar-refractivity contribution is 6.05. The minimum absolute atomic E-state index is 0.0692. The lowest BCUT2D eigenvalue weighted by Crippen LogP contribution is -2.30. The van der Waals surface area contributed by atoms with Gasteiger partial charge in [0, 0.05) is 0 Å². The van der Waals surface area contributed by atoms with Gasteiger partial charge in [0.05, 0.1) is 34.8 Å². The Morgan fingerprint density at radius 1 is 1.06 bits per heavy atom. The molecule has 156 valence electrons. The van der Waals surface area contributed by atoms with Crippen LogP contribution in [0.15, 0.2) is 66.7 Å². The highest BCUT2D eigenvalue weighted by Crippen LogP contribution is 2.31. The van der Waals surface area contributed by atoms with Crippen LogP contribution in [0.25, 0.3) is 23.1 Å². The summed E-state index contributed by atoms with van der Waals surface area (Å²) >= 11 is 0. The number of aromatic amines is 1. The number of carbonyl (C=O) groups is 1. The smallest absolute Gasteiger partial charge is 0.255 e. The molecule has 3 aromatic carbocycles. The molecule has 0 aliphatic heterocycles. The van der Waals surface area contributed by atoms with Crippen LogP contribution in [-0.4, -0.2) is 32.9 Å². The summed E-state index contributed by atoms with van der Waals surface area (Å²) in [5, 5.41) is 30.7. The molecule has 0 aliphatic carbocycles. The zero-order valence-electron chi connectivity index (χ0n) is 16.4. The fourth-order valence-electron chi connectivity index (χ4n) is 3.33. The van der Waals surface area contributed by atoms with Crippen molar-refractivity contribution in [3.8, 4) is 5.75 Å². The van der Waals surface area contributed by atoms with Crippen molar-refractivity contribution >= 4 is 29.0 Å². The molecular formula is C24H20FN3O3. The largest absolute Gasteiger partial charge is 0.506 e. The topological polar surface area (TPSA) is 98.2 Å². The lowest BCUT2D eigenvalue weighted by Gasteiger charge is -2.17. The molecule has 0 saturated carbocycles. The van der Waals surface area contributed by atoms with Crippen LogP contribution in [-0.2, 0) is 0 Å². The van der Waals surface area contributed by atoms with E-state index in [0.717, 1.165) is 11.1 Å². The van der Waals surface area contributed by atoms with Gasteiger partial charge >= 0.3 is 0 Å². The Balaban J connectivity index is 1.63. The van der Waals surface area contributed by atoms with Crippen LogP contribution < -0.4 is 5.32 Å². The van der Waals surface area contributed by atoms with Crippen molar-refractivity contribution in [1.82, 2.24) is 15.5 Å². The van der Waals surface area contributed by atoms with Gasteiger partial charge in [-0.25, -0.2) is 4.39 Å². The number of hydrogen-bond donors (Lipinski definition) is 4. The Bertz CT molecular complexity index is 1230. The molecule has 7 heteroatoms. The van der Waals surface area contributed by atoms with Gasteiger partial charge in [0.1, 0.15) is 11.6 Å². The van der Waals surface area contributed by atoms with Crippen LogP contribution in [0.1, 0.15) is 33.2 Å². The summed E-state index contributed by atoms with van der Waals surface area (Å²) in [6, 6.07) is 17.6. The van der Waals surface area contributed by atoms with E-state index in [1.54, 1.807) is 42.5 Å². The van der Waals surface area contributed by atoms with Crippen molar-refractivity contribution in [2.75, 3.05) is 6.61 Å². The predicted octanol–water partition coefficient (Wildman–Crippen LogP) is 4.04. The molecule has 0 spiro atoms. The van der Waals surface area contributed by atoms with E-state index in [9.17, 15) is 19.4 Å². The minimum Gasteiger partial charge on any atom is -0.506 e. The van der Waals surface area contributed by atoms with Crippen LogP contribution in [0.3, 0.4) is 0 Å². The number of hydrogen-bond acceptors (Lipinski definition) is 4. The fourth-order valence-corrected chi connectivity index (χ4v) is 3.33. The number of phenolic OH excluding ortho intramolecular Hbond substituents is 1. The molecule has 1 atom stereocenters. The van der Waals surface area contributed by atoms with Crippen molar-refractivity contribution in [2.24, 2.45) is 0 Å². The van der Waals surface area contributed by atoms with Gasteiger partial charge in [0.25, 0.3) is 5.91 Å². The molecule has 1 aromatic heterocycles. The quantitative estimate of drug-likeness (QED) is 0.381. The van der Waals surface area contributed by atoms with E-state index >= 15 is 0 Å². The summed E-state index contributed by atoms with van der Waals surface area (Å²) in [5.74, 6) is -1.06. The summed E-state index contributed by atoms with van der Waals surface area (Å²) in [6.07, 6.45) is 3.41. The monoisotopic (exact) mass is 417 g/mol. The van der Waals surface area contributed by atoms with Crippen molar-refractivity contribution in [2.45, 2.75) is 6.04 Å². The maximum absolute atomic E-state index is 13.1. The Labute approximate surface area is 177 Å². The maximum atomic E-state index is 13.1. The average molecular weight is 417 g/mol. The molecule has 1 heterocycles. The first-order chi connectivity index (χ1) is 15.1. The number of amides is 1. The number of aromatic nitrogens is 2. The van der Waals surface area contributed by atoms with Crippen LogP contribution in [0.5, 0.6) is 5.75 Å². The molecule has 4 N–H and O–H groups in total. The van der Waals surface area contributed by atoms with Gasteiger partial charge < -0.3 is 15.5 Å². The molecule has 1 amide bonds. The standard InChI is InChI=1S/C24H20FN3O3/c25-17-9-6-15(7-10-17)8-12-19-22-20(28-27-19)13-11-18(23(22)30)24(31)26-21(14-29)16-4-2-1-3-5-16/h1-13,21,29-30H,14H2,(H,26,31)(H,27,28)/t21-/m1/s1. The first kappa shape index (κ1) is 20.3. The van der Waals surface area contributed by atoms with E-state index in [1.807, 2.05) is 18.2 Å². The van der Waals surface area contributed by atoms with Gasteiger partial charge in [-0.05, 0) is 41.5 Å². The normalized spacial score (nSPS) is 12.3. The molecule has 4 aromatic rings. The SMILES string of the molecule is O=C(N[C@H](CO)c1ccccc1)c1ccc2[nH]nc(C=Cc3ccc(F)cc3)c2c1O. The first-order valence-corrected chi connectivity index (χ1v) is 9.67. The highest BCUT2D eigenvalue weighted by atomic mass is 19.1. The number of nitrogens with zero attached hydrogens (tertiary/aromatic N) is 1. The Hall–Kier alpha value is -3.97. The summed E-state index contributed by atoms with van der Waals surface area (Å²) in [4.78, 5) is 12.8. The third-order valence-corrected chi connectivity index (χ3v) is 4.97. The van der Waals surface area contributed by atoms with Crippen LogP contribution in [0.4, 0.5) is 4.39 Å². The zero-order chi connectivity index (χ0) is 21.8. The summed E-state index contributed by atoms with van der Waals surface area (Å²) in [7, 11) is 0. The van der Waals surface area contributed by atoms with E-state index in [2.05, 4.69) is 15.5 Å². The number of aromatic hydroxyl groups is 1. The second-order valence-corrected chi connectivity index (χ2v) is 7.00. The maximum Gasteiger partial charge on any atom is 0.255 e. The van der Waals surface area contributed by atoms with Crippen LogP contribution >= 0.6 is 0 Å². The number of benzene rings is 3. The van der Waals surface area contributed by atoms with Crippen molar-refractivity contribution in [3.63, 3.8) is 0 Å². The number of aliphatic hydroxyl groups is 1. The van der Waals surface area contributed by atoms with E-state index in [0.29, 0.717) is 16.6 Å². The second kappa shape index (κ2) is 8.81. The molecule has 0 unspecified atom stereocenters. The number of carbonyl (C=O) groups excluding carboxylic acids is 1. The first-order valence-electron chi connectivity index (χ1n) is 9.67. The van der Waals surface area contributed by atoms with Gasteiger partial charge in [-0.1, -0.05) is 48.5 Å². The Morgan fingerprint density at radius 3 is 2.52 bits per heavy atom. The van der Waals surface area contributed by atoms with Crippen LogP contribution in [0.2, 0.25) is 0 Å². The summed E-state index contributed by atoms with van der Waals surface area (Å²) < 4.78 is 13.1. The minimum atomic E-state index is -0.606. The molecule has 0 fully saturated rings. The predicted molar refractivity (Wildman–Crippen MR) is 117 cm³/mol. The lowest BCUT2D eigenvalue weighted by molar-refractivity contribution is 0.0913. The second-order valence-electron chi connectivity index (χ2n) is 7.00. The number of halogens is 1. The fraction of sp³-hybridized carbons (Fsp3) is 0.0833. The Morgan fingerprint density at radius 2 is 1.81 bits per heavy atom. The van der Waals surface area contributed by atoms with Crippen LogP contribution in [0, 0.1) is 5.82 Å². The lowest BCUT2D eigenvalue weighted by atomic mass is 10.0. The molecule has 0 bridgehead atoms. The highest BCUT2D eigenvalue weighted by Gasteiger charge is 2.20. The van der Waals surface area contributed by atoms with Crippen molar-refractivity contribution < 1.29 is 19.4 Å². The number of H-pyrrole nitrogens is 1. The zero-order valence-corrected chi connectivity index (χ0v) is 16.4. The summed E-state index contributed by atoms with van der Waals surface area (Å²) in [5.41, 5.74) is 2.59. The number of aliphatic hydroxyl groups excluding tert-OH is 1. The van der Waals surface area contributed by atoms with E-state index in [-0.39, 0.29) is 23.7 Å². The number of nitrogens with one attached hydrogen (secondary N) is 2. The molecule has 0 aliphatic rings. The van der Waals surface area contributed by atoms with Gasteiger partial charge in [0.2, 0.25) is 0 Å². The van der Waals surface area contributed by atoms with E-state index < -0.39 is 11.9 Å². The molecular weight excluding hydrogens is 397 g/mol. The van der Waals surface area contributed by atoms with Gasteiger partial charge in [0.15, 0.2) is 0 Å². The summed E-state index contributed by atoms with van der Waals surface area (Å²) in [6.45, 7) is -0.282. The number of fused-ring (bicyclic) bond motifs is 1. The number of rotatable bonds is 6. The molecule has 0 saturated heterocycles. The van der Waals surface area contributed by atoms with Gasteiger partial charge in [-0.15, -0.1) is 0 Å². The van der Waals surface area contributed by atoms with E-state index in [4.69, 9.17) is 0 Å². The third-order valence-electron chi connectivity index (χ3n) is 4.97. The Kier molecular flexibility index (Phi) is 5.77. The molecule has 6 nitrogen and oxygen atoms in total. The van der Waals surface area contributed by atoms with Gasteiger partial charge in [-0.3, -0.25) is 9.89 Å². The van der Waals surface area contributed by atoms with Gasteiger partial charge in [-0.2, -0.15) is 5.10 Å². The average Bonchev–Trinajstić information content (AvgIpc) is 3.22. The van der Waals surface area contributed by atoms with Crippen molar-refractivity contribution in [3.05, 3.63) is 94.9 Å². The molecule has 0 radical (unpaired) electrons. The van der Waals surface area contributed by atoms with Crippen molar-refractivity contribution in [1.29, 1.82) is 0 Å². The van der Waals surface area contributed by atoms with E-state index in [1.165, 1.54) is 18.2 Å². The molecule has 4 rings (SSSR count). The third kappa shape index (κ3) is 4.31. The number of phenols is 1.